The van der Waals surface area contributed by atoms with Crippen molar-refractivity contribution in [3.63, 3.8) is 0 Å². The molecule has 1 aromatic heterocycles. The number of carbonyl (C=O) groups is 1. The highest BCUT2D eigenvalue weighted by Gasteiger charge is 2.28. The fraction of sp³-hybridized carbons (Fsp3) is 0.636. The number of carbonyl (C=O) groups excluding carboxylic acids is 1. The zero-order valence-corrected chi connectivity index (χ0v) is 9.52. The Labute approximate surface area is 95.0 Å². The summed E-state index contributed by atoms with van der Waals surface area (Å²) >= 11 is 0. The fourth-order valence-electron chi connectivity index (χ4n) is 2.35. The van der Waals surface area contributed by atoms with Crippen LogP contribution in [0.3, 0.4) is 0 Å². The fourth-order valence-corrected chi connectivity index (χ4v) is 2.35. The summed E-state index contributed by atoms with van der Waals surface area (Å²) in [6, 6.07) is 1.95. The number of aryl methyl sites for hydroxylation is 1. The highest BCUT2D eigenvalue weighted by Crippen LogP contribution is 2.24. The number of nitrogens with one attached hydrogen (secondary N) is 1. The van der Waals surface area contributed by atoms with Gasteiger partial charge < -0.3 is 11.1 Å². The molecule has 2 atom stereocenters. The molecule has 1 aliphatic rings. The third kappa shape index (κ3) is 2.09. The predicted octanol–water partition coefficient (Wildman–Crippen LogP) is 0.277. The first-order valence-corrected chi connectivity index (χ1v) is 5.71. The SMILES string of the molecule is Cn1nccc1C(=O)NC1CCCC1CN. The Bertz CT molecular complexity index is 374. The third-order valence-electron chi connectivity index (χ3n) is 3.33. The molecule has 1 fully saturated rings. The van der Waals surface area contributed by atoms with Gasteiger partial charge >= 0.3 is 0 Å². The molecule has 5 heteroatoms. The van der Waals surface area contributed by atoms with Gasteiger partial charge in [-0.15, -0.1) is 0 Å². The number of nitrogens with two attached hydrogens (primary N) is 1. The number of hydrogen-bond donors (Lipinski definition) is 2. The van der Waals surface area contributed by atoms with Crippen LogP contribution in [0.2, 0.25) is 0 Å². The molecule has 1 saturated carbocycles. The average Bonchev–Trinajstić information content (AvgIpc) is 2.86. The normalized spacial score (nSPS) is 24.6. The van der Waals surface area contributed by atoms with Crippen LogP contribution < -0.4 is 11.1 Å². The number of hydrogen-bond acceptors (Lipinski definition) is 3. The molecule has 2 rings (SSSR count). The van der Waals surface area contributed by atoms with E-state index in [1.165, 1.54) is 0 Å². The summed E-state index contributed by atoms with van der Waals surface area (Å²) in [5, 5.41) is 7.03. The van der Waals surface area contributed by atoms with Crippen molar-refractivity contribution in [1.82, 2.24) is 15.1 Å². The summed E-state index contributed by atoms with van der Waals surface area (Å²) in [7, 11) is 1.77. The Kier molecular flexibility index (Phi) is 3.24. The van der Waals surface area contributed by atoms with E-state index in [9.17, 15) is 4.79 Å². The Balaban J connectivity index is 2.00. The van der Waals surface area contributed by atoms with Crippen LogP contribution in [-0.2, 0) is 7.05 Å². The first-order chi connectivity index (χ1) is 7.72. The molecule has 0 bridgehead atoms. The standard InChI is InChI=1S/C11H18N4O/c1-15-10(5-6-13-15)11(16)14-9-4-2-3-8(9)7-12/h5-6,8-9H,2-4,7,12H2,1H3,(H,14,16). The van der Waals surface area contributed by atoms with E-state index >= 15 is 0 Å². The second-order valence-electron chi connectivity index (χ2n) is 4.35. The molecule has 1 aromatic rings. The number of aromatic nitrogens is 2. The van der Waals surface area contributed by atoms with Crippen molar-refractivity contribution < 1.29 is 4.79 Å². The summed E-state index contributed by atoms with van der Waals surface area (Å²) in [5.41, 5.74) is 6.28. The monoisotopic (exact) mass is 222 g/mol. The Morgan fingerprint density at radius 2 is 2.50 bits per heavy atom. The lowest BCUT2D eigenvalue weighted by molar-refractivity contribution is 0.0919. The summed E-state index contributed by atoms with van der Waals surface area (Å²) in [6.07, 6.45) is 4.93. The van der Waals surface area contributed by atoms with Crippen LogP contribution >= 0.6 is 0 Å². The molecule has 0 saturated heterocycles. The third-order valence-corrected chi connectivity index (χ3v) is 3.33. The summed E-state index contributed by atoms with van der Waals surface area (Å²) in [6.45, 7) is 0.649. The summed E-state index contributed by atoms with van der Waals surface area (Å²) in [4.78, 5) is 11.9. The van der Waals surface area contributed by atoms with Gasteiger partial charge in [0, 0.05) is 19.3 Å². The lowest BCUT2D eigenvalue weighted by Gasteiger charge is -2.19. The van der Waals surface area contributed by atoms with E-state index < -0.39 is 0 Å². The predicted molar refractivity (Wildman–Crippen MR) is 60.9 cm³/mol. The topological polar surface area (TPSA) is 72.9 Å². The van der Waals surface area contributed by atoms with Crippen LogP contribution in [-0.4, -0.2) is 28.3 Å². The molecule has 0 aromatic carbocycles. The van der Waals surface area contributed by atoms with Crippen molar-refractivity contribution in [2.75, 3.05) is 6.54 Å². The van der Waals surface area contributed by atoms with Crippen molar-refractivity contribution in [2.45, 2.75) is 25.3 Å². The highest BCUT2D eigenvalue weighted by atomic mass is 16.2. The smallest absolute Gasteiger partial charge is 0.269 e. The molecular weight excluding hydrogens is 204 g/mol. The molecule has 0 radical (unpaired) electrons. The zero-order chi connectivity index (χ0) is 11.5. The van der Waals surface area contributed by atoms with E-state index in [2.05, 4.69) is 10.4 Å². The maximum absolute atomic E-state index is 11.9. The molecule has 16 heavy (non-hydrogen) atoms. The van der Waals surface area contributed by atoms with Gasteiger partial charge in [0.2, 0.25) is 0 Å². The molecule has 0 aliphatic heterocycles. The van der Waals surface area contributed by atoms with Gasteiger partial charge in [-0.2, -0.15) is 5.10 Å². The molecule has 3 N–H and O–H groups in total. The molecular formula is C11H18N4O. The van der Waals surface area contributed by atoms with Crippen LogP contribution in [0, 0.1) is 5.92 Å². The maximum atomic E-state index is 11.9. The van der Waals surface area contributed by atoms with E-state index in [1.54, 1.807) is 24.0 Å². The molecule has 88 valence electrons. The van der Waals surface area contributed by atoms with Gasteiger partial charge in [0.15, 0.2) is 0 Å². The largest absolute Gasteiger partial charge is 0.348 e. The van der Waals surface area contributed by atoms with E-state index in [0.717, 1.165) is 19.3 Å². The van der Waals surface area contributed by atoms with Crippen molar-refractivity contribution in [2.24, 2.45) is 18.7 Å². The Hall–Kier alpha value is -1.36. The van der Waals surface area contributed by atoms with Gasteiger partial charge in [0.25, 0.3) is 5.91 Å². The van der Waals surface area contributed by atoms with Crippen molar-refractivity contribution in [1.29, 1.82) is 0 Å². The molecule has 5 nitrogen and oxygen atoms in total. The second kappa shape index (κ2) is 4.65. The Morgan fingerprint density at radius 1 is 1.69 bits per heavy atom. The Morgan fingerprint density at radius 3 is 3.12 bits per heavy atom. The van der Waals surface area contributed by atoms with Gasteiger partial charge in [-0.25, -0.2) is 0 Å². The lowest BCUT2D eigenvalue weighted by Crippen LogP contribution is -2.40. The zero-order valence-electron chi connectivity index (χ0n) is 9.52. The van der Waals surface area contributed by atoms with Crippen LogP contribution in [0.25, 0.3) is 0 Å². The van der Waals surface area contributed by atoms with Crippen LogP contribution in [0.15, 0.2) is 12.3 Å². The lowest BCUT2D eigenvalue weighted by atomic mass is 10.0. The van der Waals surface area contributed by atoms with Crippen LogP contribution in [0.4, 0.5) is 0 Å². The van der Waals surface area contributed by atoms with E-state index in [4.69, 9.17) is 5.73 Å². The first kappa shape index (κ1) is 11.1. The van der Waals surface area contributed by atoms with E-state index in [0.29, 0.717) is 18.2 Å². The van der Waals surface area contributed by atoms with E-state index in [1.807, 2.05) is 0 Å². The first-order valence-electron chi connectivity index (χ1n) is 5.71. The van der Waals surface area contributed by atoms with Gasteiger partial charge in [-0.3, -0.25) is 9.48 Å². The average molecular weight is 222 g/mol. The van der Waals surface area contributed by atoms with Crippen molar-refractivity contribution in [3.05, 3.63) is 18.0 Å². The van der Waals surface area contributed by atoms with Crippen LogP contribution in [0.1, 0.15) is 29.8 Å². The minimum Gasteiger partial charge on any atom is -0.348 e. The minimum atomic E-state index is -0.0506. The second-order valence-corrected chi connectivity index (χ2v) is 4.35. The van der Waals surface area contributed by atoms with Crippen molar-refractivity contribution in [3.8, 4) is 0 Å². The molecule has 1 aliphatic carbocycles. The minimum absolute atomic E-state index is 0.0506. The molecule has 2 unspecified atom stereocenters. The summed E-state index contributed by atoms with van der Waals surface area (Å²) in [5.74, 6) is 0.377. The van der Waals surface area contributed by atoms with E-state index in [-0.39, 0.29) is 11.9 Å². The van der Waals surface area contributed by atoms with Crippen LogP contribution in [0.5, 0.6) is 0 Å². The number of rotatable bonds is 3. The number of nitrogens with zero attached hydrogens (tertiary/aromatic N) is 2. The summed E-state index contributed by atoms with van der Waals surface area (Å²) < 4.78 is 1.59. The van der Waals surface area contributed by atoms with Crippen molar-refractivity contribution >= 4 is 5.91 Å². The molecule has 1 heterocycles. The van der Waals surface area contributed by atoms with Gasteiger partial charge in [-0.05, 0) is 31.4 Å². The number of amides is 1. The highest BCUT2D eigenvalue weighted by molar-refractivity contribution is 5.92. The van der Waals surface area contributed by atoms with Gasteiger partial charge in [0.05, 0.1) is 0 Å². The van der Waals surface area contributed by atoms with Gasteiger partial charge in [-0.1, -0.05) is 6.42 Å². The van der Waals surface area contributed by atoms with Gasteiger partial charge in [0.1, 0.15) is 5.69 Å². The molecule has 0 spiro atoms. The quantitative estimate of drug-likeness (QED) is 0.771. The maximum Gasteiger partial charge on any atom is 0.269 e. The molecule has 1 amide bonds.